The molecule has 0 aliphatic carbocycles. The van der Waals surface area contributed by atoms with Gasteiger partial charge in [0.15, 0.2) is 0 Å². The average Bonchev–Trinajstić information content (AvgIpc) is 2.55. The first-order chi connectivity index (χ1) is 10.7. The van der Waals surface area contributed by atoms with E-state index in [9.17, 15) is 4.79 Å². The second kappa shape index (κ2) is 8.17. The zero-order valence-electron chi connectivity index (χ0n) is 13.2. The Labute approximate surface area is 132 Å². The summed E-state index contributed by atoms with van der Waals surface area (Å²) in [4.78, 5) is 16.2. The number of nitrogens with one attached hydrogen (secondary N) is 2. The number of aromatic nitrogens is 1. The van der Waals surface area contributed by atoms with Crippen LogP contribution in [0.3, 0.4) is 0 Å². The molecule has 0 bridgehead atoms. The van der Waals surface area contributed by atoms with Crippen LogP contribution in [0, 0.1) is 0 Å². The fraction of sp³-hybridized carbons (Fsp3) is 0.333. The van der Waals surface area contributed by atoms with Gasteiger partial charge in [0.25, 0.3) is 0 Å². The molecule has 0 radical (unpaired) electrons. The number of benzene rings is 1. The molecule has 0 saturated carbocycles. The highest BCUT2D eigenvalue weighted by atomic mass is 16.2. The number of nitrogens with zero attached hydrogens (tertiary/aromatic N) is 1. The van der Waals surface area contributed by atoms with Crippen molar-refractivity contribution in [2.24, 2.45) is 0 Å². The molecule has 2 N–H and O–H groups in total. The molecule has 22 heavy (non-hydrogen) atoms. The van der Waals surface area contributed by atoms with Crippen LogP contribution in [0.1, 0.15) is 44.0 Å². The number of amides is 2. The van der Waals surface area contributed by atoms with Crippen molar-refractivity contribution in [2.75, 3.05) is 5.32 Å². The molecule has 0 fully saturated rings. The normalized spacial score (nSPS) is 11.7. The molecule has 116 valence electrons. The van der Waals surface area contributed by atoms with Crippen molar-refractivity contribution in [3.63, 3.8) is 0 Å². The Kier molecular flexibility index (Phi) is 5.95. The lowest BCUT2D eigenvalue weighted by Gasteiger charge is -2.14. The van der Waals surface area contributed by atoms with E-state index in [2.05, 4.69) is 34.7 Å². The smallest absolute Gasteiger partial charge is 0.319 e. The summed E-state index contributed by atoms with van der Waals surface area (Å²) in [6.07, 6.45) is 5.18. The molecule has 2 rings (SSSR count). The Bertz CT molecular complexity index is 581. The van der Waals surface area contributed by atoms with Crippen molar-refractivity contribution in [1.29, 1.82) is 0 Å². The van der Waals surface area contributed by atoms with E-state index in [0.717, 1.165) is 17.8 Å². The van der Waals surface area contributed by atoms with Gasteiger partial charge in [-0.05, 0) is 49.6 Å². The van der Waals surface area contributed by atoms with Crippen LogP contribution in [0.4, 0.5) is 10.5 Å². The van der Waals surface area contributed by atoms with Gasteiger partial charge in [-0.25, -0.2) is 4.79 Å². The Hall–Kier alpha value is -2.36. The van der Waals surface area contributed by atoms with E-state index >= 15 is 0 Å². The van der Waals surface area contributed by atoms with Crippen molar-refractivity contribution in [2.45, 2.75) is 39.2 Å². The van der Waals surface area contributed by atoms with Crippen LogP contribution in [0.5, 0.6) is 0 Å². The van der Waals surface area contributed by atoms with Crippen molar-refractivity contribution < 1.29 is 4.79 Å². The molecule has 4 heteroatoms. The molecule has 2 amide bonds. The van der Waals surface area contributed by atoms with Crippen molar-refractivity contribution in [3.05, 3.63) is 59.9 Å². The van der Waals surface area contributed by atoms with E-state index in [4.69, 9.17) is 0 Å². The Balaban J connectivity index is 1.86. The molecule has 1 heterocycles. The third kappa shape index (κ3) is 4.88. The number of unbranched alkanes of at least 4 members (excludes halogenated alkanes) is 1. The number of urea groups is 1. The largest absolute Gasteiger partial charge is 0.330 e. The number of anilines is 1. The van der Waals surface area contributed by atoms with E-state index in [-0.39, 0.29) is 12.1 Å². The second-order valence-corrected chi connectivity index (χ2v) is 5.38. The summed E-state index contributed by atoms with van der Waals surface area (Å²) >= 11 is 0. The monoisotopic (exact) mass is 297 g/mol. The van der Waals surface area contributed by atoms with Crippen LogP contribution in [-0.4, -0.2) is 11.0 Å². The molecule has 1 aromatic heterocycles. The number of carbonyl (C=O) groups is 1. The number of rotatable bonds is 6. The SMILES string of the molecule is CCCCc1ccc(NC(=O)NC(C)c2ccccn2)cc1. The van der Waals surface area contributed by atoms with Gasteiger partial charge in [-0.3, -0.25) is 4.98 Å². The Morgan fingerprint density at radius 1 is 1.18 bits per heavy atom. The Morgan fingerprint density at radius 3 is 2.59 bits per heavy atom. The predicted octanol–water partition coefficient (Wildman–Crippen LogP) is 4.31. The Morgan fingerprint density at radius 2 is 1.95 bits per heavy atom. The summed E-state index contributed by atoms with van der Waals surface area (Å²) in [6.45, 7) is 4.10. The van der Waals surface area contributed by atoms with Gasteiger partial charge in [0.05, 0.1) is 11.7 Å². The number of carbonyl (C=O) groups excluding carboxylic acids is 1. The molecule has 1 atom stereocenters. The molecule has 0 aliphatic rings. The summed E-state index contributed by atoms with van der Waals surface area (Å²) in [6, 6.07) is 13.3. The third-order valence-corrected chi connectivity index (χ3v) is 3.51. The van der Waals surface area contributed by atoms with Gasteiger partial charge >= 0.3 is 6.03 Å². The van der Waals surface area contributed by atoms with Crippen LogP contribution in [0.25, 0.3) is 0 Å². The maximum absolute atomic E-state index is 12.0. The number of hydrogen-bond acceptors (Lipinski definition) is 2. The van der Waals surface area contributed by atoms with E-state index in [1.807, 2.05) is 37.3 Å². The van der Waals surface area contributed by atoms with Crippen molar-refractivity contribution >= 4 is 11.7 Å². The highest BCUT2D eigenvalue weighted by Crippen LogP contribution is 2.13. The second-order valence-electron chi connectivity index (χ2n) is 5.38. The van der Waals surface area contributed by atoms with Gasteiger partial charge in [-0.1, -0.05) is 31.5 Å². The minimum atomic E-state index is -0.223. The average molecular weight is 297 g/mol. The fourth-order valence-electron chi connectivity index (χ4n) is 2.21. The van der Waals surface area contributed by atoms with Crippen LogP contribution < -0.4 is 10.6 Å². The lowest BCUT2D eigenvalue weighted by molar-refractivity contribution is 0.249. The van der Waals surface area contributed by atoms with E-state index in [1.165, 1.54) is 18.4 Å². The lowest BCUT2D eigenvalue weighted by atomic mass is 10.1. The molecular formula is C18H23N3O. The standard InChI is InChI=1S/C18H23N3O/c1-3-4-7-15-9-11-16(12-10-15)21-18(22)20-14(2)17-8-5-6-13-19-17/h5-6,8-14H,3-4,7H2,1-2H3,(H2,20,21,22). The minimum Gasteiger partial charge on any atom is -0.330 e. The van der Waals surface area contributed by atoms with Crippen LogP contribution in [-0.2, 0) is 6.42 Å². The minimum absolute atomic E-state index is 0.134. The van der Waals surface area contributed by atoms with Gasteiger partial charge < -0.3 is 10.6 Å². The quantitative estimate of drug-likeness (QED) is 0.835. The first-order valence-corrected chi connectivity index (χ1v) is 7.76. The number of aryl methyl sites for hydroxylation is 1. The molecule has 0 aliphatic heterocycles. The zero-order chi connectivity index (χ0) is 15.8. The van der Waals surface area contributed by atoms with Crippen LogP contribution in [0.15, 0.2) is 48.7 Å². The van der Waals surface area contributed by atoms with E-state index in [0.29, 0.717) is 0 Å². The number of pyridine rings is 1. The van der Waals surface area contributed by atoms with Crippen molar-refractivity contribution in [3.8, 4) is 0 Å². The maximum atomic E-state index is 12.0. The first-order valence-electron chi connectivity index (χ1n) is 7.76. The molecule has 4 nitrogen and oxygen atoms in total. The molecule has 1 unspecified atom stereocenters. The molecule has 0 spiro atoms. The van der Waals surface area contributed by atoms with Gasteiger partial charge in [-0.15, -0.1) is 0 Å². The summed E-state index contributed by atoms with van der Waals surface area (Å²) in [5.74, 6) is 0. The summed E-state index contributed by atoms with van der Waals surface area (Å²) in [5.41, 5.74) is 2.94. The van der Waals surface area contributed by atoms with Crippen LogP contribution >= 0.6 is 0 Å². The van der Waals surface area contributed by atoms with Gasteiger partial charge in [0, 0.05) is 11.9 Å². The fourth-order valence-corrected chi connectivity index (χ4v) is 2.21. The highest BCUT2D eigenvalue weighted by Gasteiger charge is 2.10. The maximum Gasteiger partial charge on any atom is 0.319 e. The van der Waals surface area contributed by atoms with Crippen LogP contribution in [0.2, 0.25) is 0 Å². The summed E-state index contributed by atoms with van der Waals surface area (Å²) < 4.78 is 0. The van der Waals surface area contributed by atoms with Gasteiger partial charge in [0.1, 0.15) is 0 Å². The van der Waals surface area contributed by atoms with Crippen molar-refractivity contribution in [1.82, 2.24) is 10.3 Å². The van der Waals surface area contributed by atoms with Gasteiger partial charge in [-0.2, -0.15) is 0 Å². The number of hydrogen-bond donors (Lipinski definition) is 2. The lowest BCUT2D eigenvalue weighted by Crippen LogP contribution is -2.31. The zero-order valence-corrected chi connectivity index (χ0v) is 13.2. The summed E-state index contributed by atoms with van der Waals surface area (Å²) in [7, 11) is 0. The summed E-state index contributed by atoms with van der Waals surface area (Å²) in [5, 5.41) is 5.73. The first kappa shape index (κ1) is 16.0. The molecule has 0 saturated heterocycles. The van der Waals surface area contributed by atoms with E-state index in [1.54, 1.807) is 6.20 Å². The van der Waals surface area contributed by atoms with E-state index < -0.39 is 0 Å². The molecule has 1 aromatic carbocycles. The molecule has 2 aromatic rings. The predicted molar refractivity (Wildman–Crippen MR) is 89.9 cm³/mol. The van der Waals surface area contributed by atoms with Gasteiger partial charge in [0.2, 0.25) is 0 Å². The molecular weight excluding hydrogens is 274 g/mol. The topological polar surface area (TPSA) is 54.0 Å². The highest BCUT2D eigenvalue weighted by molar-refractivity contribution is 5.89. The third-order valence-electron chi connectivity index (χ3n) is 3.51.